The number of carbonyl (C=O) groups excluding carboxylic acids is 1. The number of hydrogen-bond acceptors (Lipinski definition) is 3. The molecule has 2 aromatic carbocycles. The molecule has 6 nitrogen and oxygen atoms in total. The van der Waals surface area contributed by atoms with Gasteiger partial charge in [-0.15, -0.1) is 0 Å². The third-order valence-electron chi connectivity index (χ3n) is 4.27. The Kier molecular flexibility index (Phi) is 4.70. The van der Waals surface area contributed by atoms with Gasteiger partial charge in [-0.25, -0.2) is 4.39 Å². The SMILES string of the molecule is CC(C)(C)c1ccc(NC(=O)Cn2c(=O)c(=O)[nH]c3cc(F)ccc32)cc1. The number of anilines is 1. The van der Waals surface area contributed by atoms with Crippen LogP contribution in [-0.4, -0.2) is 15.5 Å². The van der Waals surface area contributed by atoms with E-state index in [1.165, 1.54) is 12.1 Å². The lowest BCUT2D eigenvalue weighted by Crippen LogP contribution is -2.38. The molecule has 0 saturated heterocycles. The van der Waals surface area contributed by atoms with E-state index in [1.54, 1.807) is 12.1 Å². The van der Waals surface area contributed by atoms with Gasteiger partial charge in [0.15, 0.2) is 0 Å². The van der Waals surface area contributed by atoms with Gasteiger partial charge in [0.25, 0.3) is 0 Å². The number of benzene rings is 2. The number of aromatic nitrogens is 2. The van der Waals surface area contributed by atoms with E-state index in [-0.39, 0.29) is 23.0 Å². The zero-order valence-corrected chi connectivity index (χ0v) is 15.3. The molecule has 0 unspecified atom stereocenters. The molecule has 0 fully saturated rings. The molecule has 0 spiro atoms. The molecule has 27 heavy (non-hydrogen) atoms. The lowest BCUT2D eigenvalue weighted by atomic mass is 9.87. The number of amides is 1. The van der Waals surface area contributed by atoms with Crippen molar-refractivity contribution < 1.29 is 9.18 Å². The van der Waals surface area contributed by atoms with Crippen LogP contribution in [0.5, 0.6) is 0 Å². The number of hydrogen-bond donors (Lipinski definition) is 2. The standard InChI is InChI=1S/C20H20FN3O3/c1-20(2,3)12-4-7-14(8-5-12)22-17(25)11-24-16-9-6-13(21)10-15(16)23-18(26)19(24)27/h4-10H,11H2,1-3H3,(H,22,25)(H,23,26). The van der Waals surface area contributed by atoms with Gasteiger partial charge in [0, 0.05) is 5.69 Å². The predicted octanol–water partition coefficient (Wildman–Crippen LogP) is 2.77. The van der Waals surface area contributed by atoms with Crippen molar-refractivity contribution in [2.45, 2.75) is 32.7 Å². The van der Waals surface area contributed by atoms with E-state index < -0.39 is 22.8 Å². The number of aromatic amines is 1. The Hall–Kier alpha value is -3.22. The van der Waals surface area contributed by atoms with Crippen molar-refractivity contribution in [3.05, 3.63) is 74.6 Å². The summed E-state index contributed by atoms with van der Waals surface area (Å²) in [5, 5.41) is 2.71. The summed E-state index contributed by atoms with van der Waals surface area (Å²) in [5.41, 5.74) is 0.360. The van der Waals surface area contributed by atoms with Crippen molar-refractivity contribution in [1.82, 2.24) is 9.55 Å². The molecule has 0 bridgehead atoms. The van der Waals surface area contributed by atoms with Crippen molar-refractivity contribution in [3.8, 4) is 0 Å². The molecule has 0 atom stereocenters. The van der Waals surface area contributed by atoms with Crippen LogP contribution in [0, 0.1) is 5.82 Å². The maximum atomic E-state index is 13.4. The first-order valence-electron chi connectivity index (χ1n) is 8.48. The zero-order chi connectivity index (χ0) is 19.8. The number of rotatable bonds is 3. The third kappa shape index (κ3) is 3.97. The quantitative estimate of drug-likeness (QED) is 0.697. The van der Waals surface area contributed by atoms with Crippen LogP contribution < -0.4 is 16.4 Å². The largest absolute Gasteiger partial charge is 0.325 e. The average molecular weight is 369 g/mol. The van der Waals surface area contributed by atoms with Gasteiger partial charge >= 0.3 is 11.1 Å². The lowest BCUT2D eigenvalue weighted by molar-refractivity contribution is -0.116. The lowest BCUT2D eigenvalue weighted by Gasteiger charge is -2.19. The summed E-state index contributed by atoms with van der Waals surface area (Å²) in [6.07, 6.45) is 0. The third-order valence-corrected chi connectivity index (χ3v) is 4.27. The second-order valence-corrected chi connectivity index (χ2v) is 7.38. The molecule has 140 valence electrons. The molecule has 0 aliphatic heterocycles. The highest BCUT2D eigenvalue weighted by Crippen LogP contribution is 2.23. The number of carbonyl (C=O) groups is 1. The first-order valence-corrected chi connectivity index (χ1v) is 8.48. The Morgan fingerprint density at radius 2 is 1.78 bits per heavy atom. The van der Waals surface area contributed by atoms with Crippen molar-refractivity contribution in [2.75, 3.05) is 5.32 Å². The molecule has 0 radical (unpaired) electrons. The number of fused-ring (bicyclic) bond motifs is 1. The predicted molar refractivity (Wildman–Crippen MR) is 103 cm³/mol. The molecule has 0 aliphatic carbocycles. The summed E-state index contributed by atoms with van der Waals surface area (Å²) < 4.78 is 14.4. The van der Waals surface area contributed by atoms with Crippen LogP contribution in [0.2, 0.25) is 0 Å². The monoisotopic (exact) mass is 369 g/mol. The van der Waals surface area contributed by atoms with Gasteiger partial charge in [0.05, 0.1) is 11.0 Å². The van der Waals surface area contributed by atoms with Gasteiger partial charge in [0.2, 0.25) is 5.91 Å². The summed E-state index contributed by atoms with van der Waals surface area (Å²) in [6, 6.07) is 11.0. The fourth-order valence-corrected chi connectivity index (χ4v) is 2.81. The van der Waals surface area contributed by atoms with Gasteiger partial charge < -0.3 is 10.3 Å². The highest BCUT2D eigenvalue weighted by molar-refractivity contribution is 5.91. The van der Waals surface area contributed by atoms with Crippen molar-refractivity contribution in [3.63, 3.8) is 0 Å². The number of nitrogens with zero attached hydrogens (tertiary/aromatic N) is 1. The fraction of sp³-hybridized carbons (Fsp3) is 0.250. The number of nitrogens with one attached hydrogen (secondary N) is 2. The van der Waals surface area contributed by atoms with Crippen LogP contribution in [0.15, 0.2) is 52.1 Å². The summed E-state index contributed by atoms with van der Waals surface area (Å²) >= 11 is 0. The molecule has 0 saturated carbocycles. The van der Waals surface area contributed by atoms with Crippen molar-refractivity contribution in [2.24, 2.45) is 0 Å². The van der Waals surface area contributed by atoms with Crippen LogP contribution >= 0.6 is 0 Å². The Labute approximate surface area is 154 Å². The minimum atomic E-state index is -0.907. The minimum Gasteiger partial charge on any atom is -0.325 e. The van der Waals surface area contributed by atoms with E-state index in [9.17, 15) is 18.8 Å². The molecule has 1 aromatic heterocycles. The van der Waals surface area contributed by atoms with E-state index in [0.29, 0.717) is 5.69 Å². The molecular weight excluding hydrogens is 349 g/mol. The smallest absolute Gasteiger partial charge is 0.317 e. The molecule has 3 rings (SSSR count). The zero-order valence-electron chi connectivity index (χ0n) is 15.3. The van der Waals surface area contributed by atoms with Crippen LogP contribution in [0.25, 0.3) is 11.0 Å². The Bertz CT molecular complexity index is 1120. The summed E-state index contributed by atoms with van der Waals surface area (Å²) in [6.45, 7) is 5.92. The van der Waals surface area contributed by atoms with E-state index in [1.807, 2.05) is 12.1 Å². The molecule has 2 N–H and O–H groups in total. The van der Waals surface area contributed by atoms with Gasteiger partial charge in [-0.2, -0.15) is 0 Å². The minimum absolute atomic E-state index is 0.00486. The van der Waals surface area contributed by atoms with Crippen molar-refractivity contribution in [1.29, 1.82) is 0 Å². The first kappa shape index (κ1) is 18.6. The Morgan fingerprint density at radius 1 is 1.11 bits per heavy atom. The first-order chi connectivity index (χ1) is 12.6. The van der Waals surface area contributed by atoms with Crippen LogP contribution in [0.1, 0.15) is 26.3 Å². The summed E-state index contributed by atoms with van der Waals surface area (Å²) in [5.74, 6) is -1.01. The second-order valence-electron chi connectivity index (χ2n) is 7.38. The highest BCUT2D eigenvalue weighted by atomic mass is 19.1. The van der Waals surface area contributed by atoms with E-state index in [0.717, 1.165) is 16.2 Å². The maximum Gasteiger partial charge on any atom is 0.317 e. The number of H-pyrrole nitrogens is 1. The van der Waals surface area contributed by atoms with E-state index in [2.05, 4.69) is 31.1 Å². The molecule has 1 heterocycles. The normalized spacial score (nSPS) is 11.6. The van der Waals surface area contributed by atoms with Crippen LogP contribution in [0.3, 0.4) is 0 Å². The van der Waals surface area contributed by atoms with Gasteiger partial charge in [-0.3, -0.25) is 19.0 Å². The maximum absolute atomic E-state index is 13.4. The van der Waals surface area contributed by atoms with E-state index in [4.69, 9.17) is 0 Å². The second kappa shape index (κ2) is 6.83. The summed E-state index contributed by atoms with van der Waals surface area (Å²) in [7, 11) is 0. The van der Waals surface area contributed by atoms with Gasteiger partial charge in [-0.05, 0) is 41.3 Å². The van der Waals surface area contributed by atoms with Crippen LogP contribution in [0.4, 0.5) is 10.1 Å². The molecular formula is C20H20FN3O3. The fourth-order valence-electron chi connectivity index (χ4n) is 2.81. The van der Waals surface area contributed by atoms with Crippen LogP contribution in [-0.2, 0) is 16.8 Å². The van der Waals surface area contributed by atoms with Gasteiger partial charge in [-0.1, -0.05) is 32.9 Å². The molecule has 7 heteroatoms. The Morgan fingerprint density at radius 3 is 2.41 bits per heavy atom. The average Bonchev–Trinajstić information content (AvgIpc) is 2.58. The van der Waals surface area contributed by atoms with E-state index >= 15 is 0 Å². The molecule has 1 amide bonds. The molecule has 3 aromatic rings. The van der Waals surface area contributed by atoms with Gasteiger partial charge in [0.1, 0.15) is 12.4 Å². The van der Waals surface area contributed by atoms with Crippen molar-refractivity contribution >= 4 is 22.6 Å². The Balaban J connectivity index is 1.87. The summed E-state index contributed by atoms with van der Waals surface area (Å²) in [4.78, 5) is 38.7. The number of halogens is 1. The highest BCUT2D eigenvalue weighted by Gasteiger charge is 2.14. The molecule has 0 aliphatic rings. The topological polar surface area (TPSA) is 84.0 Å².